The number of hydrogen-bond donors (Lipinski definition) is 1. The van der Waals surface area contributed by atoms with Gasteiger partial charge in [0.05, 0.1) is 11.6 Å². The van der Waals surface area contributed by atoms with Gasteiger partial charge >= 0.3 is 0 Å². The first kappa shape index (κ1) is 10.7. The van der Waals surface area contributed by atoms with E-state index < -0.39 is 0 Å². The molecule has 0 radical (unpaired) electrons. The van der Waals surface area contributed by atoms with Gasteiger partial charge in [-0.15, -0.1) is 6.58 Å². The standard InChI is InChI=1S/C11H21NO/c1-4-10(12-5-2)11(3)8-6-7-9-13-11/h4,10,12H,1,5-9H2,2-3H3. The summed E-state index contributed by atoms with van der Waals surface area (Å²) in [6, 6.07) is 0.290. The fraction of sp³-hybridized carbons (Fsp3) is 0.818. The second kappa shape index (κ2) is 4.77. The molecular formula is C11H21NO. The molecule has 0 amide bonds. The quantitative estimate of drug-likeness (QED) is 0.674. The second-order valence-electron chi connectivity index (χ2n) is 3.89. The molecule has 0 bridgehead atoms. The van der Waals surface area contributed by atoms with Crippen LogP contribution in [0.4, 0.5) is 0 Å². The first-order chi connectivity index (χ1) is 6.23. The average molecular weight is 183 g/mol. The molecule has 1 saturated heterocycles. The molecule has 76 valence electrons. The van der Waals surface area contributed by atoms with Gasteiger partial charge in [-0.05, 0) is 32.7 Å². The lowest BCUT2D eigenvalue weighted by atomic mass is 9.88. The third-order valence-corrected chi connectivity index (χ3v) is 2.82. The summed E-state index contributed by atoms with van der Waals surface area (Å²) < 4.78 is 5.84. The van der Waals surface area contributed by atoms with Crippen LogP contribution in [-0.2, 0) is 4.74 Å². The molecule has 0 aromatic rings. The van der Waals surface area contributed by atoms with Crippen molar-refractivity contribution in [2.75, 3.05) is 13.2 Å². The first-order valence-corrected chi connectivity index (χ1v) is 5.23. The van der Waals surface area contributed by atoms with Gasteiger partial charge in [-0.1, -0.05) is 13.0 Å². The van der Waals surface area contributed by atoms with Gasteiger partial charge in [0.25, 0.3) is 0 Å². The van der Waals surface area contributed by atoms with E-state index in [-0.39, 0.29) is 11.6 Å². The molecule has 13 heavy (non-hydrogen) atoms. The zero-order valence-electron chi connectivity index (χ0n) is 8.81. The van der Waals surface area contributed by atoms with Gasteiger partial charge in [0.2, 0.25) is 0 Å². The molecule has 0 aromatic heterocycles. The van der Waals surface area contributed by atoms with Crippen molar-refractivity contribution >= 4 is 0 Å². The SMILES string of the molecule is C=CC(NCC)C1(C)CCCCO1. The minimum atomic E-state index is -0.0317. The van der Waals surface area contributed by atoms with E-state index in [4.69, 9.17) is 4.74 Å². The van der Waals surface area contributed by atoms with Crippen LogP contribution in [0, 0.1) is 0 Å². The van der Waals surface area contributed by atoms with Gasteiger partial charge in [0, 0.05) is 6.61 Å². The highest BCUT2D eigenvalue weighted by Gasteiger charge is 2.34. The first-order valence-electron chi connectivity index (χ1n) is 5.23. The van der Waals surface area contributed by atoms with E-state index in [2.05, 4.69) is 25.7 Å². The maximum absolute atomic E-state index is 5.84. The summed E-state index contributed by atoms with van der Waals surface area (Å²) in [5.41, 5.74) is -0.0317. The molecule has 2 atom stereocenters. The van der Waals surface area contributed by atoms with Crippen LogP contribution in [-0.4, -0.2) is 24.8 Å². The lowest BCUT2D eigenvalue weighted by Gasteiger charge is -2.39. The van der Waals surface area contributed by atoms with Crippen LogP contribution >= 0.6 is 0 Å². The third-order valence-electron chi connectivity index (χ3n) is 2.82. The molecule has 1 aliphatic heterocycles. The maximum atomic E-state index is 5.84. The smallest absolute Gasteiger partial charge is 0.0842 e. The number of ether oxygens (including phenoxy) is 1. The minimum absolute atomic E-state index is 0.0317. The summed E-state index contributed by atoms with van der Waals surface area (Å²) in [6.45, 7) is 10.0. The van der Waals surface area contributed by atoms with Crippen LogP contribution in [0.3, 0.4) is 0 Å². The molecule has 1 N–H and O–H groups in total. The Morgan fingerprint density at radius 3 is 2.85 bits per heavy atom. The molecule has 1 rings (SSSR count). The Labute approximate surface area is 81.4 Å². The summed E-state index contributed by atoms with van der Waals surface area (Å²) >= 11 is 0. The fourth-order valence-corrected chi connectivity index (χ4v) is 1.97. The van der Waals surface area contributed by atoms with Crippen molar-refractivity contribution in [2.45, 2.75) is 44.8 Å². The van der Waals surface area contributed by atoms with Crippen molar-refractivity contribution in [3.8, 4) is 0 Å². The van der Waals surface area contributed by atoms with Gasteiger partial charge in [0.15, 0.2) is 0 Å². The van der Waals surface area contributed by atoms with E-state index >= 15 is 0 Å². The molecule has 1 fully saturated rings. The molecule has 0 spiro atoms. The van der Waals surface area contributed by atoms with Gasteiger partial charge < -0.3 is 10.1 Å². The lowest BCUT2D eigenvalue weighted by molar-refractivity contribution is -0.0785. The highest BCUT2D eigenvalue weighted by atomic mass is 16.5. The second-order valence-corrected chi connectivity index (χ2v) is 3.89. The largest absolute Gasteiger partial charge is 0.373 e. The highest BCUT2D eigenvalue weighted by molar-refractivity contribution is 5.01. The van der Waals surface area contributed by atoms with E-state index in [9.17, 15) is 0 Å². The lowest BCUT2D eigenvalue weighted by Crippen LogP contribution is -2.50. The van der Waals surface area contributed by atoms with Gasteiger partial charge in [-0.25, -0.2) is 0 Å². The summed E-state index contributed by atoms with van der Waals surface area (Å²) in [5, 5.41) is 3.40. The summed E-state index contributed by atoms with van der Waals surface area (Å²) in [5.74, 6) is 0. The monoisotopic (exact) mass is 183 g/mol. The molecule has 2 nitrogen and oxygen atoms in total. The predicted octanol–water partition coefficient (Wildman–Crippen LogP) is 2.11. The van der Waals surface area contributed by atoms with E-state index in [0.29, 0.717) is 0 Å². The Morgan fingerprint density at radius 2 is 2.38 bits per heavy atom. The molecule has 1 heterocycles. The molecule has 0 saturated carbocycles. The van der Waals surface area contributed by atoms with Crippen molar-refractivity contribution in [3.63, 3.8) is 0 Å². The zero-order valence-corrected chi connectivity index (χ0v) is 8.81. The molecule has 2 unspecified atom stereocenters. The Morgan fingerprint density at radius 1 is 1.62 bits per heavy atom. The summed E-state index contributed by atoms with van der Waals surface area (Å²) in [7, 11) is 0. The van der Waals surface area contributed by atoms with Crippen molar-refractivity contribution in [3.05, 3.63) is 12.7 Å². The van der Waals surface area contributed by atoms with Crippen molar-refractivity contribution in [2.24, 2.45) is 0 Å². The molecule has 2 heteroatoms. The average Bonchev–Trinajstić information content (AvgIpc) is 2.15. The van der Waals surface area contributed by atoms with Crippen LogP contribution in [0.1, 0.15) is 33.1 Å². The Balaban J connectivity index is 2.57. The number of hydrogen-bond acceptors (Lipinski definition) is 2. The van der Waals surface area contributed by atoms with Crippen LogP contribution < -0.4 is 5.32 Å². The van der Waals surface area contributed by atoms with E-state index in [1.165, 1.54) is 12.8 Å². The number of nitrogens with one attached hydrogen (secondary N) is 1. The number of likely N-dealkylation sites (N-methyl/N-ethyl adjacent to an activating group) is 1. The van der Waals surface area contributed by atoms with Crippen molar-refractivity contribution in [1.29, 1.82) is 0 Å². The van der Waals surface area contributed by atoms with Crippen LogP contribution in [0.15, 0.2) is 12.7 Å². The topological polar surface area (TPSA) is 21.3 Å². The van der Waals surface area contributed by atoms with Crippen LogP contribution in [0.5, 0.6) is 0 Å². The molecular weight excluding hydrogens is 162 g/mol. The predicted molar refractivity (Wildman–Crippen MR) is 55.9 cm³/mol. The molecule has 0 aromatic carbocycles. The van der Waals surface area contributed by atoms with Gasteiger partial charge in [0.1, 0.15) is 0 Å². The summed E-state index contributed by atoms with van der Waals surface area (Å²) in [4.78, 5) is 0. The Kier molecular flexibility index (Phi) is 3.94. The van der Waals surface area contributed by atoms with Crippen LogP contribution in [0.2, 0.25) is 0 Å². The Bertz CT molecular complexity index is 161. The van der Waals surface area contributed by atoms with Gasteiger partial charge in [-0.2, -0.15) is 0 Å². The van der Waals surface area contributed by atoms with Gasteiger partial charge in [-0.3, -0.25) is 0 Å². The van der Waals surface area contributed by atoms with Crippen LogP contribution in [0.25, 0.3) is 0 Å². The third kappa shape index (κ3) is 2.55. The normalized spacial score (nSPS) is 31.2. The highest BCUT2D eigenvalue weighted by Crippen LogP contribution is 2.28. The van der Waals surface area contributed by atoms with E-state index in [0.717, 1.165) is 19.6 Å². The minimum Gasteiger partial charge on any atom is -0.373 e. The number of rotatable bonds is 4. The van der Waals surface area contributed by atoms with Crippen molar-refractivity contribution in [1.82, 2.24) is 5.32 Å². The Hall–Kier alpha value is -0.340. The summed E-state index contributed by atoms with van der Waals surface area (Å²) in [6.07, 6.45) is 5.57. The fourth-order valence-electron chi connectivity index (χ4n) is 1.97. The van der Waals surface area contributed by atoms with Crippen molar-refractivity contribution < 1.29 is 4.74 Å². The molecule has 1 aliphatic rings. The van der Waals surface area contributed by atoms with E-state index in [1.807, 2.05) is 6.08 Å². The molecule has 0 aliphatic carbocycles. The van der Waals surface area contributed by atoms with E-state index in [1.54, 1.807) is 0 Å². The zero-order chi connectivity index (χ0) is 9.73. The maximum Gasteiger partial charge on any atom is 0.0842 e.